The Morgan fingerprint density at radius 3 is 2.44 bits per heavy atom. The number of hydrogen-bond acceptors (Lipinski definition) is 5. The van der Waals surface area contributed by atoms with Gasteiger partial charge in [0.2, 0.25) is 0 Å². The number of ether oxygens (including phenoxy) is 3. The summed E-state index contributed by atoms with van der Waals surface area (Å²) in [7, 11) is 3.05. The number of nitrogens with one attached hydrogen (secondary N) is 1. The second-order valence-electron chi connectivity index (χ2n) is 5.84. The van der Waals surface area contributed by atoms with Gasteiger partial charge in [0.15, 0.2) is 18.1 Å². The topological polar surface area (TPSA) is 73.9 Å². The minimum atomic E-state index is -0.511. The highest BCUT2D eigenvalue weighted by Crippen LogP contribution is 2.27. The third kappa shape index (κ3) is 5.89. The van der Waals surface area contributed by atoms with Crippen molar-refractivity contribution in [1.29, 1.82) is 0 Å². The van der Waals surface area contributed by atoms with E-state index in [0.29, 0.717) is 22.1 Å². The van der Waals surface area contributed by atoms with Crippen molar-refractivity contribution in [3.8, 4) is 11.5 Å². The molecule has 27 heavy (non-hydrogen) atoms. The van der Waals surface area contributed by atoms with Gasteiger partial charge in [-0.2, -0.15) is 0 Å². The Bertz CT molecular complexity index is 809. The summed E-state index contributed by atoms with van der Waals surface area (Å²) in [6, 6.07) is 12.1. The summed E-state index contributed by atoms with van der Waals surface area (Å²) in [5.41, 5.74) is 1.49. The van der Waals surface area contributed by atoms with E-state index in [2.05, 4.69) is 5.32 Å². The molecule has 0 bridgehead atoms. The fraction of sp³-hybridized carbons (Fsp3) is 0.300. The Kier molecular flexibility index (Phi) is 7.49. The third-order valence-electron chi connectivity index (χ3n) is 3.91. The lowest BCUT2D eigenvalue weighted by atomic mass is 10.1. The average molecular weight is 392 g/mol. The number of carbonyl (C=O) groups is 2. The van der Waals surface area contributed by atoms with Crippen LogP contribution >= 0.6 is 11.6 Å². The Morgan fingerprint density at radius 2 is 1.78 bits per heavy atom. The molecule has 0 aromatic heterocycles. The quantitative estimate of drug-likeness (QED) is 0.699. The first-order valence-electron chi connectivity index (χ1n) is 8.35. The average Bonchev–Trinajstić information content (AvgIpc) is 2.66. The Balaban J connectivity index is 1.84. The van der Waals surface area contributed by atoms with Crippen LogP contribution in [0.5, 0.6) is 11.5 Å². The van der Waals surface area contributed by atoms with Crippen molar-refractivity contribution < 1.29 is 23.8 Å². The van der Waals surface area contributed by atoms with Crippen LogP contribution in [-0.2, 0) is 20.7 Å². The molecule has 0 saturated heterocycles. The van der Waals surface area contributed by atoms with Crippen LogP contribution in [0.4, 0.5) is 0 Å². The molecule has 1 amide bonds. The van der Waals surface area contributed by atoms with Gasteiger partial charge >= 0.3 is 5.97 Å². The van der Waals surface area contributed by atoms with Gasteiger partial charge in [0, 0.05) is 5.02 Å². The summed E-state index contributed by atoms with van der Waals surface area (Å²) in [4.78, 5) is 24.0. The number of esters is 1. The van der Waals surface area contributed by atoms with Gasteiger partial charge < -0.3 is 19.5 Å². The van der Waals surface area contributed by atoms with E-state index >= 15 is 0 Å². The van der Waals surface area contributed by atoms with Gasteiger partial charge in [-0.25, -0.2) is 0 Å². The zero-order valence-electron chi connectivity index (χ0n) is 15.5. The molecule has 0 spiro atoms. The molecule has 0 aliphatic carbocycles. The summed E-state index contributed by atoms with van der Waals surface area (Å²) < 4.78 is 15.4. The molecule has 2 aromatic rings. The van der Waals surface area contributed by atoms with E-state index in [4.69, 9.17) is 25.8 Å². The molecule has 0 fully saturated rings. The monoisotopic (exact) mass is 391 g/mol. The predicted octanol–water partition coefficient (Wildman–Crippen LogP) is 3.32. The fourth-order valence-electron chi connectivity index (χ4n) is 2.54. The van der Waals surface area contributed by atoms with Crippen LogP contribution in [0.1, 0.15) is 24.1 Å². The van der Waals surface area contributed by atoms with Gasteiger partial charge in [-0.3, -0.25) is 9.59 Å². The van der Waals surface area contributed by atoms with E-state index < -0.39 is 11.9 Å². The minimum absolute atomic E-state index is 0.0215. The van der Waals surface area contributed by atoms with Crippen molar-refractivity contribution in [1.82, 2.24) is 5.32 Å². The summed E-state index contributed by atoms with van der Waals surface area (Å²) in [6.07, 6.45) is 0.0215. The molecule has 1 N–H and O–H groups in total. The largest absolute Gasteiger partial charge is 0.493 e. The van der Waals surface area contributed by atoms with Gasteiger partial charge in [-0.15, -0.1) is 0 Å². The zero-order chi connectivity index (χ0) is 19.8. The van der Waals surface area contributed by atoms with Gasteiger partial charge in [0.25, 0.3) is 5.91 Å². The zero-order valence-corrected chi connectivity index (χ0v) is 16.2. The van der Waals surface area contributed by atoms with E-state index in [9.17, 15) is 9.59 Å². The van der Waals surface area contributed by atoms with Crippen LogP contribution in [0.25, 0.3) is 0 Å². The normalized spacial score (nSPS) is 11.4. The number of hydrogen-bond donors (Lipinski definition) is 1. The van der Waals surface area contributed by atoms with Gasteiger partial charge in [0.05, 0.1) is 26.7 Å². The van der Waals surface area contributed by atoms with E-state index in [1.54, 1.807) is 24.3 Å². The fourth-order valence-corrected chi connectivity index (χ4v) is 2.84. The summed E-state index contributed by atoms with van der Waals surface area (Å²) in [5, 5.41) is 3.32. The molecule has 0 saturated carbocycles. The number of amides is 1. The minimum Gasteiger partial charge on any atom is -0.493 e. The first-order chi connectivity index (χ1) is 12.9. The van der Waals surface area contributed by atoms with Gasteiger partial charge in [-0.05, 0) is 36.2 Å². The molecule has 1 atom stereocenters. The molecular weight excluding hydrogens is 370 g/mol. The number of carbonyl (C=O) groups excluding carboxylic acids is 2. The van der Waals surface area contributed by atoms with E-state index in [0.717, 1.165) is 5.56 Å². The molecule has 0 heterocycles. The molecule has 0 unspecified atom stereocenters. The van der Waals surface area contributed by atoms with Crippen molar-refractivity contribution in [3.05, 3.63) is 58.6 Å². The van der Waals surface area contributed by atoms with Crippen molar-refractivity contribution in [3.63, 3.8) is 0 Å². The van der Waals surface area contributed by atoms with Crippen LogP contribution in [0.15, 0.2) is 42.5 Å². The summed E-state index contributed by atoms with van der Waals surface area (Å²) >= 11 is 6.11. The smallest absolute Gasteiger partial charge is 0.310 e. The van der Waals surface area contributed by atoms with Crippen LogP contribution in [0, 0.1) is 0 Å². The van der Waals surface area contributed by atoms with Crippen LogP contribution in [0.2, 0.25) is 5.02 Å². The lowest BCUT2D eigenvalue weighted by Crippen LogP contribution is -2.31. The molecular formula is C20H22ClNO5. The van der Waals surface area contributed by atoms with Crippen LogP contribution < -0.4 is 14.8 Å². The molecule has 0 aliphatic rings. The number of halogens is 1. The molecule has 2 rings (SSSR count). The first kappa shape index (κ1) is 20.6. The second kappa shape index (κ2) is 9.83. The van der Waals surface area contributed by atoms with Crippen molar-refractivity contribution in [2.24, 2.45) is 0 Å². The van der Waals surface area contributed by atoms with E-state index in [-0.39, 0.29) is 19.1 Å². The van der Waals surface area contributed by atoms with E-state index in [1.807, 2.05) is 25.1 Å². The Hall–Kier alpha value is -2.73. The van der Waals surface area contributed by atoms with Crippen LogP contribution in [0.3, 0.4) is 0 Å². The van der Waals surface area contributed by atoms with Crippen molar-refractivity contribution in [2.45, 2.75) is 19.4 Å². The number of benzene rings is 2. The van der Waals surface area contributed by atoms with Gasteiger partial charge in [0.1, 0.15) is 0 Å². The lowest BCUT2D eigenvalue weighted by Gasteiger charge is -2.15. The maximum atomic E-state index is 12.0. The molecule has 144 valence electrons. The second-order valence-corrected chi connectivity index (χ2v) is 6.24. The highest BCUT2D eigenvalue weighted by molar-refractivity contribution is 6.31. The maximum absolute atomic E-state index is 12.0. The first-order valence-corrected chi connectivity index (χ1v) is 8.72. The van der Waals surface area contributed by atoms with Crippen molar-refractivity contribution in [2.75, 3.05) is 20.8 Å². The summed E-state index contributed by atoms with van der Waals surface area (Å²) in [5.74, 6) is 0.183. The maximum Gasteiger partial charge on any atom is 0.310 e. The predicted molar refractivity (Wildman–Crippen MR) is 102 cm³/mol. The third-order valence-corrected chi connectivity index (χ3v) is 4.25. The van der Waals surface area contributed by atoms with Gasteiger partial charge in [-0.1, -0.05) is 35.9 Å². The Labute approximate surface area is 163 Å². The van der Waals surface area contributed by atoms with E-state index in [1.165, 1.54) is 14.2 Å². The molecule has 0 radical (unpaired) electrons. The number of methoxy groups -OCH3 is 2. The molecule has 7 heteroatoms. The van der Waals surface area contributed by atoms with Crippen LogP contribution in [-0.4, -0.2) is 32.7 Å². The SMILES string of the molecule is COc1ccc(CC(=O)OCC(=O)N[C@H](C)c2ccccc2Cl)cc1OC. The Morgan fingerprint density at radius 1 is 1.07 bits per heavy atom. The standard InChI is InChI=1S/C20H22ClNO5/c1-13(15-6-4-5-7-16(15)21)22-19(23)12-27-20(24)11-14-8-9-17(25-2)18(10-14)26-3/h4-10,13H,11-12H2,1-3H3,(H,22,23)/t13-/m1/s1. The highest BCUT2D eigenvalue weighted by atomic mass is 35.5. The molecule has 2 aromatic carbocycles. The highest BCUT2D eigenvalue weighted by Gasteiger charge is 2.15. The van der Waals surface area contributed by atoms with Crippen molar-refractivity contribution >= 4 is 23.5 Å². The lowest BCUT2D eigenvalue weighted by molar-refractivity contribution is -0.148. The molecule has 0 aliphatic heterocycles. The number of rotatable bonds is 8. The summed E-state index contributed by atoms with van der Waals surface area (Å²) in [6.45, 7) is 1.45. The molecule has 6 nitrogen and oxygen atoms in total.